The number of hydrogen-bond donors (Lipinski definition) is 1. The number of alkyl halides is 2. The lowest BCUT2D eigenvalue weighted by Gasteiger charge is -2.18. The molecule has 0 radical (unpaired) electrons. The molecule has 0 saturated heterocycles. The lowest BCUT2D eigenvalue weighted by atomic mass is 9.89. The van der Waals surface area contributed by atoms with Crippen molar-refractivity contribution < 1.29 is 18.7 Å². The second-order valence-corrected chi connectivity index (χ2v) is 10.3. The van der Waals surface area contributed by atoms with Crippen LogP contribution in [-0.2, 0) is 27.2 Å². The second kappa shape index (κ2) is 17.5. The number of benzene rings is 2. The van der Waals surface area contributed by atoms with Crippen LogP contribution in [-0.4, -0.2) is 36.2 Å². The Hall–Kier alpha value is -1.95. The largest absolute Gasteiger partial charge is 0.466 e. The van der Waals surface area contributed by atoms with Crippen molar-refractivity contribution in [3.63, 3.8) is 0 Å². The van der Waals surface area contributed by atoms with E-state index in [-0.39, 0.29) is 23.5 Å². The smallest absolute Gasteiger partial charge is 0.309 e. The van der Waals surface area contributed by atoms with E-state index >= 15 is 0 Å². The number of nitrogens with two attached hydrogens (primary N) is 1. The van der Waals surface area contributed by atoms with Gasteiger partial charge < -0.3 is 10.5 Å². The normalized spacial score (nSPS) is 13.6. The Kier molecular flexibility index (Phi) is 14.8. The summed E-state index contributed by atoms with van der Waals surface area (Å²) in [5, 5.41) is 0. The summed E-state index contributed by atoms with van der Waals surface area (Å²) < 4.78 is 18.4. The molecule has 2 aromatic carbocycles. The molecule has 1 unspecified atom stereocenters. The number of carbonyl (C=O) groups excluding carboxylic acids is 2. The van der Waals surface area contributed by atoms with Crippen molar-refractivity contribution in [1.82, 2.24) is 0 Å². The van der Waals surface area contributed by atoms with Crippen molar-refractivity contribution in [2.45, 2.75) is 76.7 Å². The van der Waals surface area contributed by atoms with Crippen molar-refractivity contribution in [2.24, 2.45) is 11.7 Å². The van der Waals surface area contributed by atoms with Gasteiger partial charge in [-0.2, -0.15) is 0 Å². The quantitative estimate of drug-likeness (QED) is 0.123. The molecular formula is C30H40Cl2FNO3. The van der Waals surface area contributed by atoms with Gasteiger partial charge in [0.1, 0.15) is 11.6 Å². The second-order valence-electron chi connectivity index (χ2n) is 9.55. The monoisotopic (exact) mass is 551 g/mol. The van der Waals surface area contributed by atoms with Crippen molar-refractivity contribution >= 4 is 35.0 Å². The number of esters is 1. The van der Waals surface area contributed by atoms with Crippen LogP contribution in [0.4, 0.5) is 4.39 Å². The molecule has 0 heterocycles. The first-order chi connectivity index (χ1) is 17.9. The molecule has 0 saturated carbocycles. The fraction of sp³-hybridized carbons (Fsp3) is 0.533. The highest BCUT2D eigenvalue weighted by molar-refractivity contribution is 6.18. The van der Waals surface area contributed by atoms with Crippen molar-refractivity contribution in [1.29, 1.82) is 0 Å². The number of hydrogen-bond acceptors (Lipinski definition) is 4. The molecule has 2 rings (SSSR count). The van der Waals surface area contributed by atoms with Gasteiger partial charge in [-0.1, -0.05) is 42.8 Å². The third kappa shape index (κ3) is 11.5. The molecule has 2 aromatic rings. The Morgan fingerprint density at radius 1 is 0.865 bits per heavy atom. The van der Waals surface area contributed by atoms with Crippen molar-refractivity contribution in [3.8, 4) is 0 Å². The molecule has 0 bridgehead atoms. The zero-order valence-corrected chi connectivity index (χ0v) is 23.3. The van der Waals surface area contributed by atoms with Crippen LogP contribution in [0.25, 0.3) is 0 Å². The van der Waals surface area contributed by atoms with Gasteiger partial charge >= 0.3 is 5.97 Å². The minimum absolute atomic E-state index is 0.0189. The molecule has 2 N–H and O–H groups in total. The predicted octanol–water partition coefficient (Wildman–Crippen LogP) is 6.98. The minimum Gasteiger partial charge on any atom is -0.466 e. The Labute approximate surface area is 231 Å². The van der Waals surface area contributed by atoms with Gasteiger partial charge in [-0.25, -0.2) is 4.39 Å². The Morgan fingerprint density at radius 3 is 2.14 bits per heavy atom. The van der Waals surface area contributed by atoms with Crippen LogP contribution in [0.1, 0.15) is 74.5 Å². The fourth-order valence-corrected chi connectivity index (χ4v) is 5.02. The number of Topliss-reactive ketones (excluding diaryl/α,β-unsaturated/α-hetero) is 1. The van der Waals surface area contributed by atoms with Crippen LogP contribution in [0.15, 0.2) is 48.5 Å². The van der Waals surface area contributed by atoms with Crippen LogP contribution < -0.4 is 5.73 Å². The molecule has 0 aliphatic rings. The summed E-state index contributed by atoms with van der Waals surface area (Å²) in [6, 6.07) is 13.8. The maximum Gasteiger partial charge on any atom is 0.309 e. The maximum absolute atomic E-state index is 13.2. The summed E-state index contributed by atoms with van der Waals surface area (Å²) >= 11 is 11.8. The molecule has 0 aliphatic carbocycles. The number of carbonyl (C=O) groups is 2. The third-order valence-electron chi connectivity index (χ3n) is 6.71. The van der Waals surface area contributed by atoms with Gasteiger partial charge in [0.25, 0.3) is 0 Å². The molecule has 7 heteroatoms. The molecule has 0 amide bonds. The first-order valence-corrected chi connectivity index (χ1v) is 14.3. The summed E-state index contributed by atoms with van der Waals surface area (Å²) in [7, 11) is 0. The highest BCUT2D eigenvalue weighted by atomic mass is 35.5. The van der Waals surface area contributed by atoms with Crippen LogP contribution in [0.2, 0.25) is 0 Å². The lowest BCUT2D eigenvalue weighted by molar-refractivity contribution is -0.148. The van der Waals surface area contributed by atoms with Gasteiger partial charge in [-0.05, 0) is 86.6 Å². The van der Waals surface area contributed by atoms with Crippen LogP contribution in [0.3, 0.4) is 0 Å². The van der Waals surface area contributed by atoms with E-state index < -0.39 is 6.04 Å². The fourth-order valence-electron chi connectivity index (χ4n) is 4.56. The summed E-state index contributed by atoms with van der Waals surface area (Å²) in [4.78, 5) is 25.2. The average molecular weight is 553 g/mol. The van der Waals surface area contributed by atoms with Gasteiger partial charge in [0.15, 0.2) is 0 Å². The molecule has 0 aromatic heterocycles. The van der Waals surface area contributed by atoms with E-state index in [9.17, 15) is 14.0 Å². The van der Waals surface area contributed by atoms with E-state index in [1.807, 2.05) is 12.1 Å². The minimum atomic E-state index is -0.591. The first-order valence-electron chi connectivity index (χ1n) is 13.3. The zero-order chi connectivity index (χ0) is 27.0. The number of ether oxygens (including phenoxy) is 1. The summed E-state index contributed by atoms with van der Waals surface area (Å²) in [5.74, 6) is 0.695. The Balaban J connectivity index is 1.87. The summed E-state index contributed by atoms with van der Waals surface area (Å²) in [6.07, 6.45) is 6.34. The van der Waals surface area contributed by atoms with Gasteiger partial charge in [-0.15, -0.1) is 23.2 Å². The highest BCUT2D eigenvalue weighted by Crippen LogP contribution is 2.27. The molecule has 0 spiro atoms. The SMILES string of the molecule is CCOC(=O)[C@@H](CCCC(=O)[C@@H](N)Cc1ccc(C(CCCl)CCCCCl)cc1)Cc1ccc(F)cc1. The van der Waals surface area contributed by atoms with Crippen LogP contribution >= 0.6 is 23.2 Å². The van der Waals surface area contributed by atoms with Gasteiger partial charge in [0.2, 0.25) is 0 Å². The molecule has 37 heavy (non-hydrogen) atoms. The van der Waals surface area contributed by atoms with Crippen LogP contribution in [0, 0.1) is 11.7 Å². The van der Waals surface area contributed by atoms with Crippen LogP contribution in [0.5, 0.6) is 0 Å². The molecule has 0 aliphatic heterocycles. The van der Waals surface area contributed by atoms with E-state index in [0.717, 1.165) is 36.8 Å². The number of halogens is 3. The summed E-state index contributed by atoms with van der Waals surface area (Å²) in [6.45, 7) is 2.06. The Bertz CT molecular complexity index is 937. The lowest BCUT2D eigenvalue weighted by Crippen LogP contribution is -2.32. The standard InChI is InChI=1S/C30H40Cl2FNO3/c1-2-37-30(36)26(20-22-11-15-27(33)16-12-22)7-5-8-29(35)28(34)21-23-9-13-25(14-10-23)24(17-19-32)6-3-4-18-31/h9-16,24,26,28H,2-8,17-21,34H2,1H3/t24?,26-,28-/m0/s1. The van der Waals surface area contributed by atoms with Crippen molar-refractivity contribution in [2.75, 3.05) is 18.4 Å². The van der Waals surface area contributed by atoms with Crippen molar-refractivity contribution in [3.05, 3.63) is 71.0 Å². The first kappa shape index (κ1) is 31.3. The van der Waals surface area contributed by atoms with E-state index in [4.69, 9.17) is 33.7 Å². The molecule has 4 nitrogen and oxygen atoms in total. The van der Waals surface area contributed by atoms with Gasteiger partial charge in [0.05, 0.1) is 18.6 Å². The highest BCUT2D eigenvalue weighted by Gasteiger charge is 2.22. The van der Waals surface area contributed by atoms with E-state index in [0.29, 0.717) is 56.4 Å². The maximum atomic E-state index is 13.2. The zero-order valence-electron chi connectivity index (χ0n) is 21.8. The Morgan fingerprint density at radius 2 is 1.51 bits per heavy atom. The van der Waals surface area contributed by atoms with E-state index in [1.165, 1.54) is 17.7 Å². The van der Waals surface area contributed by atoms with Gasteiger partial charge in [0, 0.05) is 18.2 Å². The number of rotatable bonds is 18. The molecular weight excluding hydrogens is 512 g/mol. The summed E-state index contributed by atoms with van der Waals surface area (Å²) in [5.41, 5.74) is 9.37. The average Bonchev–Trinajstić information content (AvgIpc) is 2.89. The predicted molar refractivity (Wildman–Crippen MR) is 150 cm³/mol. The van der Waals surface area contributed by atoms with E-state index in [1.54, 1.807) is 19.1 Å². The number of unbranched alkanes of at least 4 members (excludes halogenated alkanes) is 1. The third-order valence-corrected chi connectivity index (χ3v) is 7.19. The van der Waals surface area contributed by atoms with E-state index in [2.05, 4.69) is 12.1 Å². The molecule has 204 valence electrons. The molecule has 3 atom stereocenters. The number of ketones is 1. The topological polar surface area (TPSA) is 69.4 Å². The molecule has 0 fully saturated rings. The van der Waals surface area contributed by atoms with Gasteiger partial charge in [-0.3, -0.25) is 9.59 Å².